The van der Waals surface area contributed by atoms with Gasteiger partial charge in [0.1, 0.15) is 11.5 Å². The van der Waals surface area contributed by atoms with Crippen molar-refractivity contribution in [2.45, 2.75) is 34.2 Å². The van der Waals surface area contributed by atoms with E-state index in [-0.39, 0.29) is 40.8 Å². The molecule has 0 spiro atoms. The quantitative estimate of drug-likeness (QED) is 0.263. The first-order chi connectivity index (χ1) is 22.0. The van der Waals surface area contributed by atoms with Crippen molar-refractivity contribution >= 4 is 34.9 Å². The maximum atomic E-state index is 15.4. The van der Waals surface area contributed by atoms with Gasteiger partial charge in [-0.25, -0.2) is 9.37 Å². The summed E-state index contributed by atoms with van der Waals surface area (Å²) in [5.74, 6) is -2.01. The van der Waals surface area contributed by atoms with Crippen LogP contribution >= 0.6 is 0 Å². The zero-order valence-corrected chi connectivity index (χ0v) is 26.1. The van der Waals surface area contributed by atoms with Gasteiger partial charge in [-0.2, -0.15) is 9.84 Å². The molecular weight excluding hydrogens is 593 g/mol. The molecular formula is C33H32FN7O5. The lowest BCUT2D eigenvalue weighted by Gasteiger charge is -2.16. The van der Waals surface area contributed by atoms with Crippen LogP contribution < -0.4 is 21.1 Å². The van der Waals surface area contributed by atoms with Crippen molar-refractivity contribution < 1.29 is 23.3 Å². The molecule has 0 radical (unpaired) electrons. The Labute approximate surface area is 263 Å². The van der Waals surface area contributed by atoms with Gasteiger partial charge in [-0.15, -0.1) is 0 Å². The number of halogens is 1. The van der Waals surface area contributed by atoms with E-state index in [0.717, 1.165) is 4.74 Å². The molecule has 0 saturated carbocycles. The number of carbonyl (C=O) groups is 3. The summed E-state index contributed by atoms with van der Waals surface area (Å²) in [5.41, 5.74) is 1.91. The van der Waals surface area contributed by atoms with Crippen LogP contribution in [-0.2, 0) is 20.6 Å². The number of benzene rings is 2. The van der Waals surface area contributed by atoms with E-state index in [4.69, 9.17) is 4.52 Å². The second-order valence-corrected chi connectivity index (χ2v) is 10.4. The average molecular weight is 626 g/mol. The van der Waals surface area contributed by atoms with E-state index in [1.807, 2.05) is 13.8 Å². The first-order valence-corrected chi connectivity index (χ1v) is 14.5. The zero-order chi connectivity index (χ0) is 33.3. The van der Waals surface area contributed by atoms with Gasteiger partial charge in [0.25, 0.3) is 23.3 Å². The molecule has 0 bridgehead atoms. The Morgan fingerprint density at radius 3 is 2.30 bits per heavy atom. The molecule has 0 unspecified atom stereocenters. The Morgan fingerprint density at radius 2 is 1.67 bits per heavy atom. The highest BCUT2D eigenvalue weighted by atomic mass is 19.1. The lowest BCUT2D eigenvalue weighted by Crippen LogP contribution is -2.23. The van der Waals surface area contributed by atoms with Crippen molar-refractivity contribution in [1.82, 2.24) is 19.5 Å². The SMILES string of the molecule is CC.Cc1cc2c(c(C(=O)Nc3cccc(C(=O)Nc4ccn(C)n4)c3F)n1)CN(c1ccc(-c3c(C)on(C)c3=O)cc1)C2=O. The van der Waals surface area contributed by atoms with Gasteiger partial charge in [0.2, 0.25) is 0 Å². The molecule has 1 aliphatic heterocycles. The van der Waals surface area contributed by atoms with Crippen LogP contribution in [0.25, 0.3) is 11.1 Å². The van der Waals surface area contributed by atoms with Crippen LogP contribution in [0.2, 0.25) is 0 Å². The first-order valence-electron chi connectivity index (χ1n) is 14.5. The fraction of sp³-hybridized carbons (Fsp3) is 0.212. The number of carbonyl (C=O) groups excluding carboxylic acids is 3. The highest BCUT2D eigenvalue weighted by molar-refractivity contribution is 6.14. The Bertz CT molecular complexity index is 2040. The predicted octanol–water partition coefficient (Wildman–Crippen LogP) is 5.22. The molecule has 0 fully saturated rings. The van der Waals surface area contributed by atoms with Crippen LogP contribution in [0.3, 0.4) is 0 Å². The number of hydrogen-bond acceptors (Lipinski definition) is 7. The summed E-state index contributed by atoms with van der Waals surface area (Å²) in [7, 11) is 3.21. The molecule has 4 heterocycles. The van der Waals surface area contributed by atoms with E-state index < -0.39 is 17.6 Å². The number of nitrogens with zero attached hydrogens (tertiary/aromatic N) is 5. The molecule has 6 rings (SSSR count). The normalized spacial score (nSPS) is 12.0. The van der Waals surface area contributed by atoms with E-state index >= 15 is 4.39 Å². The smallest absolute Gasteiger partial charge is 0.290 e. The summed E-state index contributed by atoms with van der Waals surface area (Å²) in [5, 5.41) is 9.08. The summed E-state index contributed by atoms with van der Waals surface area (Å²) in [6.45, 7) is 7.40. The van der Waals surface area contributed by atoms with Crippen molar-refractivity contribution in [2.24, 2.45) is 14.1 Å². The number of amides is 3. The van der Waals surface area contributed by atoms with Gasteiger partial charge >= 0.3 is 0 Å². The Hall–Kier alpha value is -5.85. The zero-order valence-electron chi connectivity index (χ0n) is 26.1. The largest absolute Gasteiger partial charge is 0.381 e. The molecule has 236 valence electrons. The van der Waals surface area contributed by atoms with Crippen LogP contribution in [0.1, 0.15) is 62.1 Å². The molecule has 0 aliphatic carbocycles. The minimum atomic E-state index is -0.931. The summed E-state index contributed by atoms with van der Waals surface area (Å²) in [6, 6.07) is 14.1. The molecule has 3 aromatic heterocycles. The standard InChI is InChI=1S/C31H26FN7O5.C2H6/c1-16-14-21-22(15-39(30(21)42)19-10-8-18(9-11-19)25-17(2)44-38(4)31(25)43)27(33-16)29(41)34-23-7-5-6-20(26(23)32)28(40)35-24-12-13-37(3)36-24;1-2/h5-14H,15H2,1-4H3,(H,34,41)(H,35,36,40);1-2H3. The second kappa shape index (κ2) is 12.6. The van der Waals surface area contributed by atoms with Gasteiger partial charge in [-0.05, 0) is 49.7 Å². The fourth-order valence-electron chi connectivity index (χ4n) is 5.21. The van der Waals surface area contributed by atoms with Crippen LogP contribution in [0.5, 0.6) is 0 Å². The molecule has 2 aromatic carbocycles. The van der Waals surface area contributed by atoms with Gasteiger partial charge in [0.15, 0.2) is 11.6 Å². The molecule has 46 heavy (non-hydrogen) atoms. The second-order valence-electron chi connectivity index (χ2n) is 10.4. The highest BCUT2D eigenvalue weighted by Gasteiger charge is 2.34. The van der Waals surface area contributed by atoms with E-state index in [2.05, 4.69) is 20.7 Å². The number of fused-ring (bicyclic) bond motifs is 1. The highest BCUT2D eigenvalue weighted by Crippen LogP contribution is 2.32. The van der Waals surface area contributed by atoms with Crippen molar-refractivity contribution in [1.29, 1.82) is 0 Å². The minimum absolute atomic E-state index is 0.0345. The first kappa shape index (κ1) is 31.6. The van der Waals surface area contributed by atoms with Crippen molar-refractivity contribution in [3.8, 4) is 11.1 Å². The van der Waals surface area contributed by atoms with Crippen LogP contribution in [0.15, 0.2) is 70.1 Å². The Kier molecular flexibility index (Phi) is 8.67. The number of aryl methyl sites for hydroxylation is 4. The molecule has 12 nitrogen and oxygen atoms in total. The molecule has 0 saturated heterocycles. The summed E-state index contributed by atoms with van der Waals surface area (Å²) in [6.07, 6.45) is 1.63. The Balaban J connectivity index is 0.00000204. The van der Waals surface area contributed by atoms with Gasteiger partial charge in [-0.3, -0.25) is 23.9 Å². The van der Waals surface area contributed by atoms with Gasteiger partial charge in [-0.1, -0.05) is 32.0 Å². The molecule has 13 heteroatoms. The Morgan fingerprint density at radius 1 is 0.957 bits per heavy atom. The number of hydrogen-bond donors (Lipinski definition) is 2. The minimum Gasteiger partial charge on any atom is -0.381 e. The average Bonchev–Trinajstić information content (AvgIpc) is 3.68. The number of pyridine rings is 1. The van der Waals surface area contributed by atoms with Gasteiger partial charge < -0.3 is 20.1 Å². The maximum absolute atomic E-state index is 15.4. The third kappa shape index (κ3) is 5.82. The summed E-state index contributed by atoms with van der Waals surface area (Å²) in [4.78, 5) is 57.9. The monoisotopic (exact) mass is 625 g/mol. The third-order valence-electron chi connectivity index (χ3n) is 7.30. The lowest BCUT2D eigenvalue weighted by atomic mass is 10.1. The van der Waals surface area contributed by atoms with E-state index in [9.17, 15) is 19.2 Å². The molecule has 1 aliphatic rings. The third-order valence-corrected chi connectivity index (χ3v) is 7.30. The topological polar surface area (TPSA) is 144 Å². The summed E-state index contributed by atoms with van der Waals surface area (Å²) < 4.78 is 23.4. The maximum Gasteiger partial charge on any atom is 0.290 e. The molecule has 5 aromatic rings. The van der Waals surface area contributed by atoms with Gasteiger partial charge in [0, 0.05) is 48.9 Å². The van der Waals surface area contributed by atoms with E-state index in [0.29, 0.717) is 39.4 Å². The van der Waals surface area contributed by atoms with Crippen LogP contribution in [0.4, 0.5) is 21.6 Å². The van der Waals surface area contributed by atoms with Crippen molar-refractivity contribution in [3.05, 3.63) is 111 Å². The van der Waals surface area contributed by atoms with Crippen LogP contribution in [0, 0.1) is 19.7 Å². The molecule has 2 N–H and O–H groups in total. The number of rotatable bonds is 6. The van der Waals surface area contributed by atoms with Gasteiger partial charge in [0.05, 0.1) is 23.4 Å². The van der Waals surface area contributed by atoms with Crippen molar-refractivity contribution in [2.75, 3.05) is 15.5 Å². The van der Waals surface area contributed by atoms with Crippen LogP contribution in [-0.4, -0.2) is 37.2 Å². The number of aromatic nitrogens is 4. The predicted molar refractivity (Wildman–Crippen MR) is 170 cm³/mol. The fourth-order valence-corrected chi connectivity index (χ4v) is 5.21. The lowest BCUT2D eigenvalue weighted by molar-refractivity contribution is 0.0993. The van der Waals surface area contributed by atoms with E-state index in [1.54, 1.807) is 63.5 Å². The number of anilines is 3. The molecule has 3 amide bonds. The van der Waals surface area contributed by atoms with E-state index in [1.165, 1.54) is 34.8 Å². The van der Waals surface area contributed by atoms with Crippen molar-refractivity contribution in [3.63, 3.8) is 0 Å². The molecule has 0 atom stereocenters. The number of nitrogens with one attached hydrogen (secondary N) is 2. The summed E-state index contributed by atoms with van der Waals surface area (Å²) >= 11 is 0.